The molecule has 2 rings (SSSR count). The lowest BCUT2D eigenvalue weighted by molar-refractivity contribution is -0.138. The molecule has 22 heavy (non-hydrogen) atoms. The number of H-pyrrole nitrogens is 2. The number of rotatable bonds is 3. The predicted octanol–water partition coefficient (Wildman–Crippen LogP) is 1.41. The monoisotopic (exact) mass is 313 g/mol. The van der Waals surface area contributed by atoms with Gasteiger partial charge in [0.05, 0.1) is 12.1 Å². The highest BCUT2D eigenvalue weighted by atomic mass is 19.4. The third-order valence-corrected chi connectivity index (χ3v) is 2.76. The van der Waals surface area contributed by atoms with Gasteiger partial charge < -0.3 is 5.11 Å². The molecule has 0 amide bonds. The summed E-state index contributed by atoms with van der Waals surface area (Å²) in [6.07, 6.45) is -3.61. The Labute approximate surface area is 121 Å². The van der Waals surface area contributed by atoms with Crippen molar-refractivity contribution in [1.29, 1.82) is 0 Å². The van der Waals surface area contributed by atoms with Gasteiger partial charge in [-0.1, -0.05) is 18.2 Å². The number of nitrogens with one attached hydrogen (secondary N) is 2. The first-order chi connectivity index (χ1) is 10.3. The molecule has 0 spiro atoms. The van der Waals surface area contributed by atoms with Crippen LogP contribution < -0.4 is 11.2 Å². The van der Waals surface area contributed by atoms with Crippen LogP contribution in [0, 0.1) is 0 Å². The van der Waals surface area contributed by atoms with E-state index in [1.165, 1.54) is 18.2 Å². The molecule has 0 saturated heterocycles. The third-order valence-electron chi connectivity index (χ3n) is 2.76. The van der Waals surface area contributed by atoms with Crippen LogP contribution in [0.15, 0.2) is 38.8 Å². The van der Waals surface area contributed by atoms with Gasteiger partial charge in [0.15, 0.2) is 0 Å². The van der Waals surface area contributed by atoms with E-state index in [0.29, 0.717) is 0 Å². The fourth-order valence-electron chi connectivity index (χ4n) is 1.77. The molecule has 9 heteroatoms. The van der Waals surface area contributed by atoms with Crippen LogP contribution in [0.3, 0.4) is 0 Å². The van der Waals surface area contributed by atoms with Crippen molar-refractivity contribution in [2.24, 2.45) is 4.99 Å². The Balaban J connectivity index is 2.29. The van der Waals surface area contributed by atoms with Crippen molar-refractivity contribution in [2.45, 2.75) is 12.7 Å². The number of alkyl halides is 3. The zero-order valence-corrected chi connectivity index (χ0v) is 10.9. The molecule has 1 aromatic carbocycles. The summed E-state index contributed by atoms with van der Waals surface area (Å²) in [5, 5.41) is 9.41. The van der Waals surface area contributed by atoms with Gasteiger partial charge >= 0.3 is 11.9 Å². The molecule has 0 radical (unpaired) electrons. The van der Waals surface area contributed by atoms with Crippen LogP contribution in [0.4, 0.5) is 13.2 Å². The summed E-state index contributed by atoms with van der Waals surface area (Å²) in [5.74, 6) is -0.707. The SMILES string of the molecule is O=c1[nH]c(O)c(C=NCc2ccccc2C(F)(F)F)c(=O)[nH]1. The zero-order valence-electron chi connectivity index (χ0n) is 10.9. The summed E-state index contributed by atoms with van der Waals surface area (Å²) in [6.45, 7) is -0.340. The van der Waals surface area contributed by atoms with Gasteiger partial charge in [-0.3, -0.25) is 19.8 Å². The maximum absolute atomic E-state index is 12.8. The fourth-order valence-corrected chi connectivity index (χ4v) is 1.77. The Morgan fingerprint density at radius 1 is 1.18 bits per heavy atom. The standard InChI is InChI=1S/C13H10F3N3O3/c14-13(15,16)9-4-2-1-3-7(9)5-17-6-8-10(20)18-12(22)19-11(8)21/h1-4,6H,5H2,(H3,18,19,20,21,22). The molecule has 0 aliphatic carbocycles. The molecule has 0 saturated carbocycles. The highest BCUT2D eigenvalue weighted by Crippen LogP contribution is 2.32. The first-order valence-electron chi connectivity index (χ1n) is 5.99. The molecule has 1 aromatic heterocycles. The smallest absolute Gasteiger partial charge is 0.416 e. The molecule has 1 heterocycles. The number of aromatic hydroxyl groups is 1. The van der Waals surface area contributed by atoms with E-state index in [4.69, 9.17) is 0 Å². The van der Waals surface area contributed by atoms with Gasteiger partial charge in [0.1, 0.15) is 5.56 Å². The summed E-state index contributed by atoms with van der Waals surface area (Å²) in [7, 11) is 0. The fraction of sp³-hybridized carbons (Fsp3) is 0.154. The number of benzene rings is 1. The molecule has 116 valence electrons. The Kier molecular flexibility index (Phi) is 4.15. The minimum Gasteiger partial charge on any atom is -0.494 e. The second-order valence-electron chi connectivity index (χ2n) is 4.30. The Bertz CT molecular complexity index is 822. The highest BCUT2D eigenvalue weighted by Gasteiger charge is 2.32. The second-order valence-corrected chi connectivity index (χ2v) is 4.30. The highest BCUT2D eigenvalue weighted by molar-refractivity contribution is 5.81. The van der Waals surface area contributed by atoms with Crippen molar-refractivity contribution in [3.8, 4) is 5.88 Å². The number of halogens is 3. The number of aromatic nitrogens is 2. The lowest BCUT2D eigenvalue weighted by Gasteiger charge is -2.10. The third kappa shape index (κ3) is 3.43. The molecule has 0 aliphatic rings. The van der Waals surface area contributed by atoms with Gasteiger partial charge in [-0.2, -0.15) is 13.2 Å². The van der Waals surface area contributed by atoms with Crippen LogP contribution in [0.2, 0.25) is 0 Å². The van der Waals surface area contributed by atoms with Crippen LogP contribution >= 0.6 is 0 Å². The van der Waals surface area contributed by atoms with Crippen LogP contribution in [-0.4, -0.2) is 21.3 Å². The van der Waals surface area contributed by atoms with E-state index in [1.54, 1.807) is 0 Å². The minimum atomic E-state index is -4.51. The van der Waals surface area contributed by atoms with E-state index in [2.05, 4.69) is 4.99 Å². The van der Waals surface area contributed by atoms with Crippen molar-refractivity contribution in [3.63, 3.8) is 0 Å². The summed E-state index contributed by atoms with van der Waals surface area (Å²) < 4.78 is 38.4. The molecular weight excluding hydrogens is 303 g/mol. The Morgan fingerprint density at radius 2 is 1.86 bits per heavy atom. The number of nitrogens with zero attached hydrogens (tertiary/aromatic N) is 1. The Morgan fingerprint density at radius 3 is 2.50 bits per heavy atom. The largest absolute Gasteiger partial charge is 0.494 e. The number of hydrogen-bond acceptors (Lipinski definition) is 4. The van der Waals surface area contributed by atoms with Gasteiger partial charge in [-0.25, -0.2) is 4.79 Å². The molecular formula is C13H10F3N3O3. The van der Waals surface area contributed by atoms with E-state index in [-0.39, 0.29) is 17.7 Å². The molecule has 0 atom stereocenters. The van der Waals surface area contributed by atoms with Crippen molar-refractivity contribution in [3.05, 3.63) is 61.8 Å². The predicted molar refractivity (Wildman–Crippen MR) is 72.1 cm³/mol. The van der Waals surface area contributed by atoms with Gasteiger partial charge in [0, 0.05) is 6.21 Å². The van der Waals surface area contributed by atoms with Crippen molar-refractivity contribution in [1.82, 2.24) is 9.97 Å². The van der Waals surface area contributed by atoms with E-state index >= 15 is 0 Å². The molecule has 3 N–H and O–H groups in total. The number of hydrogen-bond donors (Lipinski definition) is 3. The molecule has 2 aromatic rings. The van der Waals surface area contributed by atoms with Gasteiger partial charge in [-0.15, -0.1) is 0 Å². The molecule has 6 nitrogen and oxygen atoms in total. The maximum atomic E-state index is 12.8. The van der Waals surface area contributed by atoms with Crippen molar-refractivity contribution < 1.29 is 18.3 Å². The van der Waals surface area contributed by atoms with E-state index in [0.717, 1.165) is 12.3 Å². The average molecular weight is 313 g/mol. The minimum absolute atomic E-state index is 0.0772. The second kappa shape index (κ2) is 5.88. The number of aliphatic imine (C=N–C) groups is 1. The van der Waals surface area contributed by atoms with E-state index in [1.807, 2.05) is 9.97 Å². The number of aromatic amines is 2. The summed E-state index contributed by atoms with van der Waals surface area (Å²) >= 11 is 0. The van der Waals surface area contributed by atoms with Crippen LogP contribution in [-0.2, 0) is 12.7 Å². The van der Waals surface area contributed by atoms with E-state index in [9.17, 15) is 27.9 Å². The summed E-state index contributed by atoms with van der Waals surface area (Å²) in [5.41, 5.74) is -3.04. The lowest BCUT2D eigenvalue weighted by atomic mass is 10.1. The average Bonchev–Trinajstić information content (AvgIpc) is 2.41. The van der Waals surface area contributed by atoms with Gasteiger partial charge in [0.2, 0.25) is 5.88 Å². The molecule has 0 fully saturated rings. The van der Waals surface area contributed by atoms with Crippen molar-refractivity contribution >= 4 is 6.21 Å². The van der Waals surface area contributed by atoms with Gasteiger partial charge in [-0.05, 0) is 11.6 Å². The maximum Gasteiger partial charge on any atom is 0.416 e. The van der Waals surface area contributed by atoms with Crippen molar-refractivity contribution in [2.75, 3.05) is 0 Å². The quantitative estimate of drug-likeness (QED) is 0.747. The summed E-state index contributed by atoms with van der Waals surface area (Å²) in [6, 6.07) is 4.88. The van der Waals surface area contributed by atoms with Crippen LogP contribution in [0.5, 0.6) is 5.88 Å². The van der Waals surface area contributed by atoms with E-state index < -0.39 is 28.9 Å². The normalized spacial score (nSPS) is 12.0. The molecule has 0 bridgehead atoms. The Hall–Kier alpha value is -2.84. The first kappa shape index (κ1) is 15.5. The zero-order chi connectivity index (χ0) is 16.3. The molecule has 0 aliphatic heterocycles. The lowest BCUT2D eigenvalue weighted by Crippen LogP contribution is -2.24. The molecule has 0 unspecified atom stereocenters. The van der Waals surface area contributed by atoms with Crippen LogP contribution in [0.1, 0.15) is 16.7 Å². The topological polar surface area (TPSA) is 98.3 Å². The summed E-state index contributed by atoms with van der Waals surface area (Å²) in [4.78, 5) is 29.8. The first-order valence-corrected chi connectivity index (χ1v) is 5.99. The van der Waals surface area contributed by atoms with Crippen LogP contribution in [0.25, 0.3) is 0 Å². The van der Waals surface area contributed by atoms with Gasteiger partial charge in [0.25, 0.3) is 5.56 Å².